The van der Waals surface area contributed by atoms with Crippen molar-refractivity contribution in [2.45, 2.75) is 9.43 Å². The first-order chi connectivity index (χ1) is 14.6. The van der Waals surface area contributed by atoms with Crippen LogP contribution in [-0.4, -0.2) is 16.1 Å². The Hall–Kier alpha value is -2.88. The van der Waals surface area contributed by atoms with Gasteiger partial charge in [0.05, 0.1) is 20.8 Å². The molecule has 9 heteroatoms. The highest BCUT2D eigenvalue weighted by Gasteiger charge is 2.24. The number of nitrogens with one attached hydrogen (secondary N) is 1. The number of hydrogen-bond donors (Lipinski definition) is 1. The van der Waals surface area contributed by atoms with Crippen molar-refractivity contribution >= 4 is 67.9 Å². The molecule has 3 heterocycles. The van der Waals surface area contributed by atoms with Gasteiger partial charge >= 0.3 is 0 Å². The SMILES string of the molecule is O=C1NC(=Nc2ccc(F)cc2)S/C1=C\c1ccc(Sc2nc3ccccc3s2)o1. The minimum Gasteiger partial charge on any atom is -0.450 e. The molecule has 0 atom stereocenters. The van der Waals surface area contributed by atoms with Crippen LogP contribution in [0.15, 0.2) is 84.4 Å². The van der Waals surface area contributed by atoms with E-state index in [1.54, 1.807) is 29.5 Å². The van der Waals surface area contributed by atoms with Gasteiger partial charge in [-0.3, -0.25) is 4.79 Å². The number of hydrogen-bond acceptors (Lipinski definition) is 7. The third-order valence-corrected chi connectivity index (χ3v) is 6.97. The first-order valence-corrected chi connectivity index (χ1v) is 11.3. The Bertz CT molecular complexity index is 1280. The molecular formula is C21H12FN3O2S3. The Morgan fingerprint density at radius 3 is 2.77 bits per heavy atom. The molecular weight excluding hydrogens is 441 g/mol. The number of carbonyl (C=O) groups is 1. The maximum Gasteiger partial charge on any atom is 0.264 e. The highest BCUT2D eigenvalue weighted by atomic mass is 32.2. The van der Waals surface area contributed by atoms with E-state index in [0.29, 0.717) is 26.6 Å². The van der Waals surface area contributed by atoms with E-state index in [4.69, 9.17) is 4.42 Å². The van der Waals surface area contributed by atoms with Gasteiger partial charge in [-0.25, -0.2) is 14.4 Å². The van der Waals surface area contributed by atoms with E-state index < -0.39 is 0 Å². The summed E-state index contributed by atoms with van der Waals surface area (Å²) in [4.78, 5) is 21.6. The minimum atomic E-state index is -0.333. The number of fused-ring (bicyclic) bond motifs is 1. The summed E-state index contributed by atoms with van der Waals surface area (Å²) in [7, 11) is 0. The number of thioether (sulfide) groups is 1. The first-order valence-electron chi connectivity index (χ1n) is 8.81. The van der Waals surface area contributed by atoms with E-state index in [0.717, 1.165) is 14.6 Å². The molecule has 148 valence electrons. The van der Waals surface area contributed by atoms with Gasteiger partial charge in [0.15, 0.2) is 14.6 Å². The summed E-state index contributed by atoms with van der Waals surface area (Å²) in [6.45, 7) is 0. The van der Waals surface area contributed by atoms with Crippen LogP contribution < -0.4 is 5.32 Å². The second kappa shape index (κ2) is 8.10. The highest BCUT2D eigenvalue weighted by Crippen LogP contribution is 2.36. The Balaban J connectivity index is 1.31. The van der Waals surface area contributed by atoms with E-state index in [1.165, 1.54) is 35.7 Å². The fourth-order valence-electron chi connectivity index (χ4n) is 2.69. The van der Waals surface area contributed by atoms with Gasteiger partial charge in [0, 0.05) is 6.08 Å². The van der Waals surface area contributed by atoms with Gasteiger partial charge in [-0.1, -0.05) is 12.1 Å². The lowest BCUT2D eigenvalue weighted by atomic mass is 10.3. The average molecular weight is 454 g/mol. The lowest BCUT2D eigenvalue weighted by Gasteiger charge is -1.95. The van der Waals surface area contributed by atoms with Gasteiger partial charge in [0.2, 0.25) is 0 Å². The highest BCUT2D eigenvalue weighted by molar-refractivity contribution is 8.18. The van der Waals surface area contributed by atoms with E-state index in [1.807, 2.05) is 36.4 Å². The number of furan rings is 1. The molecule has 0 saturated carbocycles. The maximum absolute atomic E-state index is 13.0. The number of aromatic nitrogens is 1. The Morgan fingerprint density at radius 1 is 1.10 bits per heavy atom. The molecule has 1 saturated heterocycles. The number of amides is 1. The Morgan fingerprint density at radius 2 is 1.93 bits per heavy atom. The number of aliphatic imine (C=N–C) groups is 1. The minimum absolute atomic E-state index is 0.252. The molecule has 1 amide bonds. The number of amidine groups is 1. The van der Waals surface area contributed by atoms with Crippen LogP contribution in [0, 0.1) is 5.82 Å². The quantitative estimate of drug-likeness (QED) is 0.380. The van der Waals surface area contributed by atoms with E-state index in [9.17, 15) is 9.18 Å². The molecule has 30 heavy (non-hydrogen) atoms. The summed E-state index contributed by atoms with van der Waals surface area (Å²) < 4.78 is 20.9. The molecule has 2 aromatic carbocycles. The van der Waals surface area contributed by atoms with Gasteiger partial charge in [-0.2, -0.15) is 0 Å². The molecule has 0 unspecified atom stereocenters. The molecule has 1 aliphatic heterocycles. The van der Waals surface area contributed by atoms with Crippen LogP contribution in [0.5, 0.6) is 0 Å². The van der Waals surface area contributed by atoms with Crippen molar-refractivity contribution in [2.24, 2.45) is 4.99 Å². The van der Waals surface area contributed by atoms with Crippen molar-refractivity contribution in [2.75, 3.05) is 0 Å². The Kier molecular flexibility index (Phi) is 5.16. The molecule has 2 aromatic heterocycles. The smallest absolute Gasteiger partial charge is 0.264 e. The molecule has 5 rings (SSSR count). The lowest BCUT2D eigenvalue weighted by molar-refractivity contribution is -0.115. The predicted octanol–water partition coefficient (Wildman–Crippen LogP) is 6.07. The fourth-order valence-corrected chi connectivity index (χ4v) is 5.48. The normalized spacial score (nSPS) is 16.6. The standard InChI is InChI=1S/C21H12FN3O2S3/c22-12-5-7-13(8-6-12)23-20-25-19(26)17(28-20)11-14-9-10-18(27-14)30-21-24-15-3-1-2-4-16(15)29-21/h1-11H,(H,23,25,26)/b17-11-. The average Bonchev–Trinajstić information content (AvgIpc) is 3.43. The van der Waals surface area contributed by atoms with Gasteiger partial charge in [-0.05, 0) is 72.1 Å². The van der Waals surface area contributed by atoms with E-state index in [-0.39, 0.29) is 11.7 Å². The fraction of sp³-hybridized carbons (Fsp3) is 0. The van der Waals surface area contributed by atoms with Crippen molar-refractivity contribution < 1.29 is 13.6 Å². The second-order valence-electron chi connectivity index (χ2n) is 6.16. The van der Waals surface area contributed by atoms with Crippen LogP contribution in [0.1, 0.15) is 5.76 Å². The largest absolute Gasteiger partial charge is 0.450 e. The van der Waals surface area contributed by atoms with Crippen LogP contribution in [0.25, 0.3) is 16.3 Å². The summed E-state index contributed by atoms with van der Waals surface area (Å²) in [5.41, 5.74) is 1.53. The third-order valence-electron chi connectivity index (χ3n) is 4.05. The van der Waals surface area contributed by atoms with Crippen LogP contribution in [0.3, 0.4) is 0 Å². The number of rotatable bonds is 4. The maximum atomic E-state index is 13.0. The van der Waals surface area contributed by atoms with Gasteiger partial charge in [-0.15, -0.1) is 11.3 Å². The molecule has 0 spiro atoms. The Labute approximate surface area is 183 Å². The molecule has 0 radical (unpaired) electrons. The number of benzene rings is 2. The molecule has 1 aliphatic rings. The summed E-state index contributed by atoms with van der Waals surface area (Å²) in [6, 6.07) is 17.4. The number of para-hydroxylation sites is 1. The number of carbonyl (C=O) groups excluding carboxylic acids is 1. The van der Waals surface area contributed by atoms with Crippen molar-refractivity contribution in [3.8, 4) is 0 Å². The number of halogens is 1. The molecule has 1 N–H and O–H groups in total. The van der Waals surface area contributed by atoms with Crippen LogP contribution in [-0.2, 0) is 4.79 Å². The van der Waals surface area contributed by atoms with Crippen LogP contribution >= 0.6 is 34.9 Å². The van der Waals surface area contributed by atoms with Crippen LogP contribution in [0.4, 0.5) is 10.1 Å². The third kappa shape index (κ3) is 4.18. The van der Waals surface area contributed by atoms with Gasteiger partial charge < -0.3 is 9.73 Å². The molecule has 4 aromatic rings. The molecule has 0 bridgehead atoms. The van der Waals surface area contributed by atoms with E-state index >= 15 is 0 Å². The topological polar surface area (TPSA) is 67.5 Å². The second-order valence-corrected chi connectivity index (χ2v) is 9.48. The zero-order valence-electron chi connectivity index (χ0n) is 15.2. The van der Waals surface area contributed by atoms with Crippen LogP contribution in [0.2, 0.25) is 0 Å². The first kappa shape index (κ1) is 19.1. The summed E-state index contributed by atoms with van der Waals surface area (Å²) in [6.07, 6.45) is 1.68. The number of thiazole rings is 1. The molecule has 1 fully saturated rings. The van der Waals surface area contributed by atoms with Gasteiger partial charge in [0.1, 0.15) is 11.6 Å². The summed E-state index contributed by atoms with van der Waals surface area (Å²) in [5.74, 6) is -0.0167. The van der Waals surface area contributed by atoms with Crippen molar-refractivity contribution in [1.29, 1.82) is 0 Å². The molecule has 5 nitrogen and oxygen atoms in total. The zero-order chi connectivity index (χ0) is 20.5. The van der Waals surface area contributed by atoms with Crippen molar-refractivity contribution in [3.63, 3.8) is 0 Å². The number of nitrogens with zero attached hydrogens (tertiary/aromatic N) is 2. The summed E-state index contributed by atoms with van der Waals surface area (Å²) >= 11 is 4.26. The zero-order valence-corrected chi connectivity index (χ0v) is 17.6. The van der Waals surface area contributed by atoms with Gasteiger partial charge in [0.25, 0.3) is 5.91 Å². The van der Waals surface area contributed by atoms with E-state index in [2.05, 4.69) is 15.3 Å². The van der Waals surface area contributed by atoms with Crippen molar-refractivity contribution in [3.05, 3.63) is 77.1 Å². The predicted molar refractivity (Wildman–Crippen MR) is 120 cm³/mol. The monoisotopic (exact) mass is 453 g/mol. The van der Waals surface area contributed by atoms with Crippen molar-refractivity contribution in [1.82, 2.24) is 10.3 Å². The summed E-state index contributed by atoms with van der Waals surface area (Å²) in [5, 5.41) is 3.84. The molecule has 0 aliphatic carbocycles. The lowest BCUT2D eigenvalue weighted by Crippen LogP contribution is -2.19.